The second-order valence-corrected chi connectivity index (χ2v) is 4.18. The Morgan fingerprint density at radius 1 is 1.50 bits per heavy atom. The quantitative estimate of drug-likeness (QED) is 0.755. The predicted octanol–water partition coefficient (Wildman–Crippen LogP) is 2.49. The number of nitrogens with two attached hydrogens (primary N) is 1. The van der Waals surface area contributed by atoms with E-state index in [9.17, 15) is 4.79 Å². The number of aromatic carboxylic acids is 1. The summed E-state index contributed by atoms with van der Waals surface area (Å²) in [4.78, 5) is 11.0. The highest BCUT2D eigenvalue weighted by Crippen LogP contribution is 2.35. The third-order valence-corrected chi connectivity index (χ3v) is 3.15. The van der Waals surface area contributed by atoms with Gasteiger partial charge in [0.25, 0.3) is 0 Å². The van der Waals surface area contributed by atoms with Crippen LogP contribution in [0.15, 0.2) is 18.2 Å². The van der Waals surface area contributed by atoms with Crippen molar-refractivity contribution in [2.45, 2.75) is 6.92 Å². The molecule has 1 aromatic heterocycles. The van der Waals surface area contributed by atoms with E-state index in [0.29, 0.717) is 5.00 Å². The molecule has 2 aromatic rings. The Hall–Kier alpha value is -1.55. The largest absolute Gasteiger partial charge is 0.478 e. The number of hydrogen-bond acceptors (Lipinski definition) is 3. The van der Waals surface area contributed by atoms with Gasteiger partial charge in [0.15, 0.2) is 0 Å². The number of aryl methyl sites for hydroxylation is 1. The van der Waals surface area contributed by atoms with E-state index in [1.807, 2.05) is 25.1 Å². The molecular weight excluding hydrogens is 198 g/mol. The third kappa shape index (κ3) is 1.15. The summed E-state index contributed by atoms with van der Waals surface area (Å²) in [7, 11) is 0. The molecule has 2 rings (SSSR count). The molecule has 3 N–H and O–H groups in total. The number of fused-ring (bicyclic) bond motifs is 1. The van der Waals surface area contributed by atoms with E-state index in [4.69, 9.17) is 10.8 Å². The van der Waals surface area contributed by atoms with Gasteiger partial charge in [0.05, 0.1) is 0 Å². The summed E-state index contributed by atoms with van der Waals surface area (Å²) in [5.74, 6) is -0.956. The zero-order valence-corrected chi connectivity index (χ0v) is 8.39. The van der Waals surface area contributed by atoms with Gasteiger partial charge in [-0.15, -0.1) is 11.3 Å². The Morgan fingerprint density at radius 3 is 2.86 bits per heavy atom. The lowest BCUT2D eigenvalue weighted by atomic mass is 10.1. The van der Waals surface area contributed by atoms with E-state index in [1.165, 1.54) is 11.3 Å². The van der Waals surface area contributed by atoms with Crippen LogP contribution in [0.1, 0.15) is 15.9 Å². The van der Waals surface area contributed by atoms with E-state index >= 15 is 0 Å². The maximum atomic E-state index is 11.0. The molecule has 0 aliphatic carbocycles. The lowest BCUT2D eigenvalue weighted by molar-refractivity contribution is 0.0700. The first kappa shape index (κ1) is 9.02. The van der Waals surface area contributed by atoms with Crippen molar-refractivity contribution in [1.29, 1.82) is 0 Å². The zero-order chi connectivity index (χ0) is 10.3. The second-order valence-electron chi connectivity index (χ2n) is 3.09. The molecule has 0 atom stereocenters. The van der Waals surface area contributed by atoms with Gasteiger partial charge >= 0.3 is 5.97 Å². The zero-order valence-electron chi connectivity index (χ0n) is 7.57. The van der Waals surface area contributed by atoms with E-state index < -0.39 is 5.97 Å². The summed E-state index contributed by atoms with van der Waals surface area (Å²) < 4.78 is 0.930. The number of carboxylic acid groups (broad SMARTS) is 1. The third-order valence-electron chi connectivity index (χ3n) is 2.16. The van der Waals surface area contributed by atoms with Gasteiger partial charge in [-0.2, -0.15) is 0 Å². The van der Waals surface area contributed by atoms with E-state index in [-0.39, 0.29) is 5.56 Å². The Kier molecular flexibility index (Phi) is 1.93. The van der Waals surface area contributed by atoms with Gasteiger partial charge in [0, 0.05) is 10.1 Å². The highest BCUT2D eigenvalue weighted by atomic mass is 32.1. The first-order valence-corrected chi connectivity index (χ1v) is 4.94. The number of rotatable bonds is 1. The van der Waals surface area contributed by atoms with Crippen molar-refractivity contribution in [3.63, 3.8) is 0 Å². The molecule has 0 aliphatic rings. The van der Waals surface area contributed by atoms with Crippen LogP contribution in [-0.4, -0.2) is 11.1 Å². The molecule has 0 spiro atoms. The first-order valence-electron chi connectivity index (χ1n) is 4.12. The van der Waals surface area contributed by atoms with Gasteiger partial charge in [0.2, 0.25) is 0 Å². The Balaban J connectivity index is 2.93. The minimum atomic E-state index is -0.956. The fourth-order valence-corrected chi connectivity index (χ4v) is 2.59. The maximum absolute atomic E-state index is 11.0. The Morgan fingerprint density at radius 2 is 2.21 bits per heavy atom. The topological polar surface area (TPSA) is 63.3 Å². The predicted molar refractivity (Wildman–Crippen MR) is 57.9 cm³/mol. The highest BCUT2D eigenvalue weighted by molar-refractivity contribution is 7.23. The van der Waals surface area contributed by atoms with Gasteiger partial charge < -0.3 is 10.8 Å². The SMILES string of the molecule is Cc1cccc2sc(N)c(C(=O)O)c12. The normalized spacial score (nSPS) is 10.6. The summed E-state index contributed by atoms with van der Waals surface area (Å²) in [5.41, 5.74) is 6.85. The highest BCUT2D eigenvalue weighted by Gasteiger charge is 2.17. The fourth-order valence-electron chi connectivity index (χ4n) is 1.55. The Labute approximate surface area is 84.8 Å². The average molecular weight is 207 g/mol. The van der Waals surface area contributed by atoms with Crippen molar-refractivity contribution in [2.24, 2.45) is 0 Å². The standard InChI is InChI=1S/C10H9NO2S/c1-5-3-2-4-6-7(5)8(10(12)13)9(11)14-6/h2-4H,11H2,1H3,(H,12,13). The molecule has 3 nitrogen and oxygen atoms in total. The molecule has 1 heterocycles. The summed E-state index contributed by atoms with van der Waals surface area (Å²) in [6.07, 6.45) is 0. The molecule has 4 heteroatoms. The van der Waals surface area contributed by atoms with Crippen LogP contribution in [0.3, 0.4) is 0 Å². The molecule has 0 unspecified atom stereocenters. The van der Waals surface area contributed by atoms with Crippen molar-refractivity contribution < 1.29 is 9.90 Å². The van der Waals surface area contributed by atoms with E-state index in [1.54, 1.807) is 0 Å². The van der Waals surface area contributed by atoms with Crippen LogP contribution in [0.4, 0.5) is 5.00 Å². The molecule has 1 aromatic carbocycles. The van der Waals surface area contributed by atoms with E-state index in [2.05, 4.69) is 0 Å². The molecule has 72 valence electrons. The van der Waals surface area contributed by atoms with Crippen LogP contribution in [0.25, 0.3) is 10.1 Å². The number of nitrogen functional groups attached to an aromatic ring is 1. The van der Waals surface area contributed by atoms with Crippen molar-refractivity contribution in [2.75, 3.05) is 5.73 Å². The molecule has 14 heavy (non-hydrogen) atoms. The molecular formula is C10H9NO2S. The average Bonchev–Trinajstić information content (AvgIpc) is 2.42. The van der Waals surface area contributed by atoms with Crippen molar-refractivity contribution in [3.8, 4) is 0 Å². The first-order chi connectivity index (χ1) is 6.61. The smallest absolute Gasteiger partial charge is 0.339 e. The molecule has 0 radical (unpaired) electrons. The second kappa shape index (κ2) is 2.99. The summed E-state index contributed by atoms with van der Waals surface area (Å²) >= 11 is 1.32. The number of anilines is 1. The number of hydrogen-bond donors (Lipinski definition) is 2. The number of benzene rings is 1. The van der Waals surface area contributed by atoms with Crippen LogP contribution in [0.2, 0.25) is 0 Å². The minimum absolute atomic E-state index is 0.239. The minimum Gasteiger partial charge on any atom is -0.478 e. The maximum Gasteiger partial charge on any atom is 0.339 e. The van der Waals surface area contributed by atoms with E-state index in [0.717, 1.165) is 15.6 Å². The van der Waals surface area contributed by atoms with Crippen LogP contribution in [-0.2, 0) is 0 Å². The van der Waals surface area contributed by atoms with Gasteiger partial charge in [-0.25, -0.2) is 4.79 Å². The van der Waals surface area contributed by atoms with Gasteiger partial charge in [-0.3, -0.25) is 0 Å². The monoisotopic (exact) mass is 207 g/mol. The Bertz CT molecular complexity index is 516. The van der Waals surface area contributed by atoms with Crippen molar-refractivity contribution >= 4 is 32.4 Å². The fraction of sp³-hybridized carbons (Fsp3) is 0.100. The summed E-state index contributed by atoms with van der Waals surface area (Å²) in [6.45, 7) is 1.89. The van der Waals surface area contributed by atoms with Crippen molar-refractivity contribution in [1.82, 2.24) is 0 Å². The van der Waals surface area contributed by atoms with Crippen LogP contribution < -0.4 is 5.73 Å². The lowest BCUT2D eigenvalue weighted by Crippen LogP contribution is -1.99. The molecule has 0 fully saturated rings. The number of carbonyl (C=O) groups is 1. The molecule has 0 amide bonds. The number of carboxylic acids is 1. The molecule has 0 bridgehead atoms. The molecule has 0 aliphatic heterocycles. The number of thiophene rings is 1. The van der Waals surface area contributed by atoms with Crippen LogP contribution in [0, 0.1) is 6.92 Å². The summed E-state index contributed by atoms with van der Waals surface area (Å²) in [5, 5.41) is 10.1. The van der Waals surface area contributed by atoms with Crippen molar-refractivity contribution in [3.05, 3.63) is 29.3 Å². The molecule has 0 saturated heterocycles. The summed E-state index contributed by atoms with van der Waals surface area (Å²) in [6, 6.07) is 5.68. The van der Waals surface area contributed by atoms with Gasteiger partial charge in [-0.05, 0) is 18.6 Å². The van der Waals surface area contributed by atoms with Gasteiger partial charge in [-0.1, -0.05) is 12.1 Å². The van der Waals surface area contributed by atoms with Crippen LogP contribution in [0.5, 0.6) is 0 Å². The van der Waals surface area contributed by atoms with Gasteiger partial charge in [0.1, 0.15) is 10.6 Å². The van der Waals surface area contributed by atoms with Crippen LogP contribution >= 0.6 is 11.3 Å². The lowest BCUT2D eigenvalue weighted by Gasteiger charge is -1.97. The molecule has 0 saturated carbocycles.